The maximum absolute atomic E-state index is 10.4. The average Bonchev–Trinajstić information content (AvgIpc) is 2.05. The summed E-state index contributed by atoms with van der Waals surface area (Å²) in [6, 6.07) is 4.99. The number of ether oxygens (including phenoxy) is 1. The lowest BCUT2D eigenvalue weighted by Crippen LogP contribution is -1.91. The smallest absolute Gasteiger partial charge is 0.151 e. The zero-order valence-corrected chi connectivity index (χ0v) is 7.47. The maximum atomic E-state index is 10.4. The summed E-state index contributed by atoms with van der Waals surface area (Å²) in [7, 11) is 0. The Bertz CT molecular complexity index is 284. The zero-order valence-electron chi connectivity index (χ0n) is 6.71. The van der Waals surface area contributed by atoms with Crippen LogP contribution in [0, 0.1) is 0 Å². The summed E-state index contributed by atoms with van der Waals surface area (Å²) in [4.78, 5) is 10.4. The van der Waals surface area contributed by atoms with Crippen LogP contribution < -0.4 is 4.74 Å². The van der Waals surface area contributed by atoms with Gasteiger partial charge < -0.3 is 4.74 Å². The van der Waals surface area contributed by atoms with E-state index in [4.69, 9.17) is 16.3 Å². The fraction of sp³-hybridized carbons (Fsp3) is 0.222. The molecule has 0 aliphatic heterocycles. The van der Waals surface area contributed by atoms with Crippen molar-refractivity contribution in [3.8, 4) is 5.75 Å². The standard InChI is InChI=1S/C9H9ClO2/c1-2-12-8-4-3-7(6-11)9(10)5-8/h3-6H,2H2,1H3. The zero-order chi connectivity index (χ0) is 8.97. The van der Waals surface area contributed by atoms with Gasteiger partial charge in [-0.15, -0.1) is 0 Å². The van der Waals surface area contributed by atoms with Crippen molar-refractivity contribution in [1.82, 2.24) is 0 Å². The monoisotopic (exact) mass is 184 g/mol. The van der Waals surface area contributed by atoms with E-state index >= 15 is 0 Å². The normalized spacial score (nSPS) is 9.50. The van der Waals surface area contributed by atoms with Crippen molar-refractivity contribution in [2.45, 2.75) is 6.92 Å². The minimum Gasteiger partial charge on any atom is -0.494 e. The van der Waals surface area contributed by atoms with Gasteiger partial charge in [-0.05, 0) is 25.1 Å². The number of aldehydes is 1. The van der Waals surface area contributed by atoms with Gasteiger partial charge in [0.2, 0.25) is 0 Å². The molecule has 3 heteroatoms. The van der Waals surface area contributed by atoms with E-state index in [1.165, 1.54) is 0 Å². The van der Waals surface area contributed by atoms with Gasteiger partial charge in [0.05, 0.1) is 11.6 Å². The Kier molecular flexibility index (Phi) is 3.11. The second-order valence-corrected chi connectivity index (χ2v) is 2.64. The average molecular weight is 185 g/mol. The largest absolute Gasteiger partial charge is 0.494 e. The summed E-state index contributed by atoms with van der Waals surface area (Å²) in [5.41, 5.74) is 0.486. The van der Waals surface area contributed by atoms with Crippen LogP contribution in [0.5, 0.6) is 5.75 Å². The van der Waals surface area contributed by atoms with Crippen molar-refractivity contribution in [3.63, 3.8) is 0 Å². The van der Waals surface area contributed by atoms with Crippen molar-refractivity contribution >= 4 is 17.9 Å². The highest BCUT2D eigenvalue weighted by atomic mass is 35.5. The minimum atomic E-state index is 0.427. The number of hydrogen-bond donors (Lipinski definition) is 0. The molecule has 1 rings (SSSR count). The number of benzene rings is 1. The Hall–Kier alpha value is -1.02. The van der Waals surface area contributed by atoms with Gasteiger partial charge in [-0.2, -0.15) is 0 Å². The summed E-state index contributed by atoms with van der Waals surface area (Å²) < 4.78 is 5.19. The molecule has 0 N–H and O–H groups in total. The van der Waals surface area contributed by atoms with E-state index in [2.05, 4.69) is 0 Å². The molecule has 64 valence electrons. The van der Waals surface area contributed by atoms with Crippen LogP contribution in [-0.4, -0.2) is 12.9 Å². The van der Waals surface area contributed by atoms with Gasteiger partial charge in [0.25, 0.3) is 0 Å². The highest BCUT2D eigenvalue weighted by Crippen LogP contribution is 2.20. The third-order valence-corrected chi connectivity index (χ3v) is 1.74. The quantitative estimate of drug-likeness (QED) is 0.675. The van der Waals surface area contributed by atoms with E-state index < -0.39 is 0 Å². The molecule has 0 heterocycles. The number of hydrogen-bond acceptors (Lipinski definition) is 2. The fourth-order valence-electron chi connectivity index (χ4n) is 0.860. The lowest BCUT2D eigenvalue weighted by atomic mass is 10.2. The van der Waals surface area contributed by atoms with E-state index in [0.29, 0.717) is 22.9 Å². The molecule has 0 spiro atoms. The van der Waals surface area contributed by atoms with Gasteiger partial charge in [-0.25, -0.2) is 0 Å². The molecule has 0 fully saturated rings. The first kappa shape index (κ1) is 9.07. The molecule has 0 radical (unpaired) electrons. The summed E-state index contributed by atoms with van der Waals surface area (Å²) in [6.07, 6.45) is 0.720. The van der Waals surface area contributed by atoms with Crippen molar-refractivity contribution in [1.29, 1.82) is 0 Å². The molecule has 0 aliphatic rings. The molecule has 0 atom stereocenters. The third kappa shape index (κ3) is 1.98. The van der Waals surface area contributed by atoms with Gasteiger partial charge >= 0.3 is 0 Å². The van der Waals surface area contributed by atoms with Gasteiger partial charge in [-0.1, -0.05) is 11.6 Å². The highest BCUT2D eigenvalue weighted by molar-refractivity contribution is 6.33. The molecule has 1 aromatic carbocycles. The number of carbonyl (C=O) groups excluding carboxylic acids is 1. The molecule has 1 aromatic rings. The minimum absolute atomic E-state index is 0.427. The number of halogens is 1. The molecule has 12 heavy (non-hydrogen) atoms. The Balaban J connectivity index is 2.93. The van der Waals surface area contributed by atoms with Crippen molar-refractivity contribution in [2.24, 2.45) is 0 Å². The van der Waals surface area contributed by atoms with Crippen LogP contribution >= 0.6 is 11.6 Å². The molecule has 0 aromatic heterocycles. The molecule has 2 nitrogen and oxygen atoms in total. The first-order chi connectivity index (χ1) is 5.77. The first-order valence-electron chi connectivity index (χ1n) is 3.65. The Morgan fingerprint density at radius 3 is 2.83 bits per heavy atom. The molecule has 0 saturated carbocycles. The summed E-state index contributed by atoms with van der Waals surface area (Å²) in [5, 5.41) is 0.427. The van der Waals surface area contributed by atoms with Gasteiger partial charge in [-0.3, -0.25) is 4.79 Å². The number of rotatable bonds is 3. The molecule has 0 unspecified atom stereocenters. The molecular formula is C9H9ClO2. The predicted molar refractivity (Wildman–Crippen MR) is 48.0 cm³/mol. The van der Waals surface area contributed by atoms with Crippen LogP contribution in [0.3, 0.4) is 0 Å². The van der Waals surface area contributed by atoms with Crippen molar-refractivity contribution < 1.29 is 9.53 Å². The third-order valence-electron chi connectivity index (χ3n) is 1.41. The summed E-state index contributed by atoms with van der Waals surface area (Å²) in [5.74, 6) is 0.688. The lowest BCUT2D eigenvalue weighted by Gasteiger charge is -2.03. The molecule has 0 saturated heterocycles. The van der Waals surface area contributed by atoms with E-state index in [1.807, 2.05) is 6.92 Å². The Morgan fingerprint density at radius 1 is 1.58 bits per heavy atom. The van der Waals surface area contributed by atoms with E-state index in [-0.39, 0.29) is 0 Å². The van der Waals surface area contributed by atoms with E-state index in [9.17, 15) is 4.79 Å². The van der Waals surface area contributed by atoms with Crippen molar-refractivity contribution in [2.75, 3.05) is 6.61 Å². The van der Waals surface area contributed by atoms with Crippen LogP contribution in [0.15, 0.2) is 18.2 Å². The van der Waals surface area contributed by atoms with Crippen molar-refractivity contribution in [3.05, 3.63) is 28.8 Å². The number of carbonyl (C=O) groups is 1. The predicted octanol–water partition coefficient (Wildman–Crippen LogP) is 2.55. The SMILES string of the molecule is CCOc1ccc(C=O)c(Cl)c1. The maximum Gasteiger partial charge on any atom is 0.151 e. The topological polar surface area (TPSA) is 26.3 Å². The molecule has 0 bridgehead atoms. The van der Waals surface area contributed by atoms with Gasteiger partial charge in [0, 0.05) is 5.56 Å². The highest BCUT2D eigenvalue weighted by Gasteiger charge is 1.99. The van der Waals surface area contributed by atoms with Crippen LogP contribution in [0.1, 0.15) is 17.3 Å². The summed E-state index contributed by atoms with van der Waals surface area (Å²) >= 11 is 5.75. The van der Waals surface area contributed by atoms with Gasteiger partial charge in [0.1, 0.15) is 5.75 Å². The second kappa shape index (κ2) is 4.12. The van der Waals surface area contributed by atoms with Crippen LogP contribution in [0.2, 0.25) is 5.02 Å². The van der Waals surface area contributed by atoms with Crippen LogP contribution in [0.25, 0.3) is 0 Å². The molecular weight excluding hydrogens is 176 g/mol. The fourth-order valence-corrected chi connectivity index (χ4v) is 1.07. The molecule has 0 aliphatic carbocycles. The lowest BCUT2D eigenvalue weighted by molar-refractivity contribution is 0.112. The Morgan fingerprint density at radius 2 is 2.33 bits per heavy atom. The van der Waals surface area contributed by atoms with Gasteiger partial charge in [0.15, 0.2) is 6.29 Å². The van der Waals surface area contributed by atoms with E-state index in [1.54, 1.807) is 18.2 Å². The Labute approximate surface area is 76.1 Å². The first-order valence-corrected chi connectivity index (χ1v) is 4.03. The summed E-state index contributed by atoms with van der Waals surface area (Å²) in [6.45, 7) is 2.48. The van der Waals surface area contributed by atoms with E-state index in [0.717, 1.165) is 6.29 Å². The van der Waals surface area contributed by atoms with Crippen LogP contribution in [0.4, 0.5) is 0 Å². The molecule has 0 amide bonds. The van der Waals surface area contributed by atoms with Crippen LogP contribution in [-0.2, 0) is 0 Å². The second-order valence-electron chi connectivity index (χ2n) is 2.23.